The molecule has 0 saturated heterocycles. The van der Waals surface area contributed by atoms with E-state index in [1.54, 1.807) is 19.1 Å². The van der Waals surface area contributed by atoms with Crippen LogP contribution in [0.3, 0.4) is 0 Å². The van der Waals surface area contributed by atoms with Gasteiger partial charge in [-0.2, -0.15) is 0 Å². The number of hydrogen-bond donors (Lipinski definition) is 1. The molecule has 0 saturated carbocycles. The zero-order chi connectivity index (χ0) is 19.0. The Morgan fingerprint density at radius 3 is 2.69 bits per heavy atom. The van der Waals surface area contributed by atoms with Gasteiger partial charge in [-0.25, -0.2) is 9.78 Å². The van der Waals surface area contributed by atoms with Gasteiger partial charge in [-0.1, -0.05) is 23.7 Å². The van der Waals surface area contributed by atoms with Crippen molar-refractivity contribution in [3.05, 3.63) is 66.9 Å². The summed E-state index contributed by atoms with van der Waals surface area (Å²) in [5, 5.41) is 3.80. The average Bonchev–Trinajstić information content (AvgIpc) is 2.99. The fourth-order valence-corrected chi connectivity index (χ4v) is 3.57. The molecule has 0 radical (unpaired) electrons. The van der Waals surface area contributed by atoms with E-state index in [9.17, 15) is 14.4 Å². The van der Waals surface area contributed by atoms with E-state index in [1.807, 2.05) is 12.1 Å². The van der Waals surface area contributed by atoms with Gasteiger partial charge in [0.05, 0.1) is 5.69 Å². The minimum atomic E-state index is -0.571. The maximum Gasteiger partial charge on any atom is 0.330 e. The van der Waals surface area contributed by atoms with Crippen LogP contribution in [0.2, 0.25) is 5.02 Å². The van der Waals surface area contributed by atoms with Gasteiger partial charge in [0.2, 0.25) is 0 Å². The molecule has 3 aromatic rings. The van der Waals surface area contributed by atoms with Crippen LogP contribution in [0.1, 0.15) is 15.4 Å². The number of aryl methyl sites for hydroxylation is 2. The smallest absolute Gasteiger partial charge is 0.315 e. The fourth-order valence-electron chi connectivity index (χ4n) is 2.43. The molecule has 134 valence electrons. The lowest BCUT2D eigenvalue weighted by molar-refractivity contribution is 0.102. The second-order valence-electron chi connectivity index (χ2n) is 5.70. The highest BCUT2D eigenvalue weighted by Gasteiger charge is 2.18. The maximum absolute atomic E-state index is 12.6. The predicted octanol–water partition coefficient (Wildman–Crippen LogP) is 2.42. The number of rotatable bonds is 3. The molecule has 7 nitrogen and oxygen atoms in total. The summed E-state index contributed by atoms with van der Waals surface area (Å²) in [6, 6.07) is 7.19. The average molecular weight is 391 g/mol. The number of nitrogens with zero attached hydrogens (tertiary/aromatic N) is 3. The van der Waals surface area contributed by atoms with Gasteiger partial charge in [-0.15, -0.1) is 11.3 Å². The number of aromatic nitrogens is 3. The number of carbonyl (C=O) groups excluding carboxylic acids is 1. The van der Waals surface area contributed by atoms with Gasteiger partial charge in [-0.3, -0.25) is 14.2 Å². The summed E-state index contributed by atoms with van der Waals surface area (Å²) in [5.74, 6) is -0.455. The molecular weight excluding hydrogens is 376 g/mol. The van der Waals surface area contributed by atoms with Crippen LogP contribution in [0.4, 0.5) is 5.69 Å². The lowest BCUT2D eigenvalue weighted by Gasteiger charge is -2.07. The Kier molecular flexibility index (Phi) is 4.80. The zero-order valence-electron chi connectivity index (χ0n) is 14.2. The van der Waals surface area contributed by atoms with E-state index in [4.69, 9.17) is 11.6 Å². The molecule has 9 heteroatoms. The van der Waals surface area contributed by atoms with Gasteiger partial charge in [-0.05, 0) is 19.1 Å². The molecule has 0 bridgehead atoms. The summed E-state index contributed by atoms with van der Waals surface area (Å²) < 4.78 is 2.17. The third kappa shape index (κ3) is 3.33. The summed E-state index contributed by atoms with van der Waals surface area (Å²) in [6.45, 7) is 1.72. The Labute approximate surface area is 157 Å². The molecular formula is C17H15ClN4O3S. The van der Waals surface area contributed by atoms with Crippen LogP contribution >= 0.6 is 22.9 Å². The third-order valence-electron chi connectivity index (χ3n) is 3.77. The number of halogens is 1. The molecule has 2 aromatic heterocycles. The number of thiazole rings is 1. The summed E-state index contributed by atoms with van der Waals surface area (Å²) in [4.78, 5) is 41.3. The topological polar surface area (TPSA) is 86.0 Å². The van der Waals surface area contributed by atoms with Gasteiger partial charge >= 0.3 is 5.69 Å². The second-order valence-corrected chi connectivity index (χ2v) is 7.13. The molecule has 0 aliphatic rings. The highest BCUT2D eigenvalue weighted by atomic mass is 35.5. The van der Waals surface area contributed by atoms with E-state index in [2.05, 4.69) is 10.3 Å². The van der Waals surface area contributed by atoms with E-state index >= 15 is 0 Å². The minimum Gasteiger partial charge on any atom is -0.315 e. The molecule has 0 spiro atoms. The monoisotopic (exact) mass is 390 g/mol. The number of hydrogen-bond acceptors (Lipinski definition) is 5. The van der Waals surface area contributed by atoms with E-state index < -0.39 is 17.2 Å². The van der Waals surface area contributed by atoms with Crippen molar-refractivity contribution in [3.8, 4) is 10.6 Å². The fraction of sp³-hybridized carbons (Fsp3) is 0.176. The van der Waals surface area contributed by atoms with Crippen LogP contribution in [0.25, 0.3) is 10.6 Å². The molecule has 1 N–H and O–H groups in total. The first kappa shape index (κ1) is 18.1. The summed E-state index contributed by atoms with van der Waals surface area (Å²) in [5.41, 5.74) is 0.340. The molecule has 1 amide bonds. The third-order valence-corrected chi connectivity index (χ3v) is 5.21. The molecule has 0 atom stereocenters. The Bertz CT molecular complexity index is 1130. The first-order valence-electron chi connectivity index (χ1n) is 7.59. The Morgan fingerprint density at radius 2 is 2.00 bits per heavy atom. The van der Waals surface area contributed by atoms with Crippen LogP contribution in [0.5, 0.6) is 0 Å². The van der Waals surface area contributed by atoms with Crippen molar-refractivity contribution in [1.29, 1.82) is 0 Å². The number of nitrogens with one attached hydrogen (secondary N) is 1. The molecule has 1 aromatic carbocycles. The van der Waals surface area contributed by atoms with Crippen molar-refractivity contribution < 1.29 is 4.79 Å². The first-order chi connectivity index (χ1) is 12.3. The molecule has 0 aliphatic carbocycles. The lowest BCUT2D eigenvalue weighted by Crippen LogP contribution is -2.38. The molecule has 0 fully saturated rings. The minimum absolute atomic E-state index is 0.0247. The van der Waals surface area contributed by atoms with Crippen molar-refractivity contribution in [2.75, 3.05) is 5.32 Å². The first-order valence-corrected chi connectivity index (χ1v) is 8.78. The summed E-state index contributed by atoms with van der Waals surface area (Å²) >= 11 is 7.21. The van der Waals surface area contributed by atoms with Gasteiger partial charge in [0.1, 0.15) is 15.6 Å². The molecule has 2 heterocycles. The maximum atomic E-state index is 12.6. The quantitative estimate of drug-likeness (QED) is 0.744. The van der Waals surface area contributed by atoms with E-state index in [1.165, 1.54) is 36.2 Å². The van der Waals surface area contributed by atoms with Crippen LogP contribution in [0.15, 0.2) is 40.1 Å². The summed E-state index contributed by atoms with van der Waals surface area (Å²) in [7, 11) is 2.86. The Balaban J connectivity index is 1.95. The van der Waals surface area contributed by atoms with Crippen molar-refractivity contribution in [1.82, 2.24) is 14.1 Å². The predicted molar refractivity (Wildman–Crippen MR) is 102 cm³/mol. The van der Waals surface area contributed by atoms with Crippen molar-refractivity contribution in [3.63, 3.8) is 0 Å². The number of carbonyl (C=O) groups is 1. The molecule has 0 aliphatic heterocycles. The highest BCUT2D eigenvalue weighted by molar-refractivity contribution is 7.17. The molecule has 3 rings (SSSR count). The standard InChI is InChI=1S/C17H15ClN4O3S/c1-9-13(26-15(19-9)10-5-4-6-11(18)7-10)14(23)20-12-8-21(2)17(25)22(3)16(12)24/h4-8H,1-3H3,(H,20,23). The van der Waals surface area contributed by atoms with Crippen LogP contribution in [-0.2, 0) is 14.1 Å². The van der Waals surface area contributed by atoms with Gasteiger partial charge < -0.3 is 9.88 Å². The van der Waals surface area contributed by atoms with Crippen LogP contribution in [0, 0.1) is 6.92 Å². The van der Waals surface area contributed by atoms with Crippen molar-refractivity contribution >= 4 is 34.5 Å². The Morgan fingerprint density at radius 1 is 1.27 bits per heavy atom. The number of benzene rings is 1. The largest absolute Gasteiger partial charge is 0.330 e. The normalized spacial score (nSPS) is 10.8. The van der Waals surface area contributed by atoms with Crippen molar-refractivity contribution in [2.24, 2.45) is 14.1 Å². The second kappa shape index (κ2) is 6.89. The van der Waals surface area contributed by atoms with Gasteiger partial charge in [0.25, 0.3) is 11.5 Å². The summed E-state index contributed by atoms with van der Waals surface area (Å²) in [6.07, 6.45) is 1.30. The van der Waals surface area contributed by atoms with E-state index in [-0.39, 0.29) is 5.69 Å². The number of amides is 1. The van der Waals surface area contributed by atoms with Crippen LogP contribution in [-0.4, -0.2) is 20.0 Å². The molecule has 0 unspecified atom stereocenters. The van der Waals surface area contributed by atoms with Crippen molar-refractivity contribution in [2.45, 2.75) is 6.92 Å². The van der Waals surface area contributed by atoms with Crippen LogP contribution < -0.4 is 16.6 Å². The van der Waals surface area contributed by atoms with E-state index in [0.717, 1.165) is 10.1 Å². The number of anilines is 1. The molecule has 26 heavy (non-hydrogen) atoms. The lowest BCUT2D eigenvalue weighted by atomic mass is 10.2. The van der Waals surface area contributed by atoms with Gasteiger partial charge in [0, 0.05) is 30.9 Å². The Hall–Kier alpha value is -2.71. The zero-order valence-corrected chi connectivity index (χ0v) is 15.8. The highest BCUT2D eigenvalue weighted by Crippen LogP contribution is 2.29. The van der Waals surface area contributed by atoms with Gasteiger partial charge in [0.15, 0.2) is 0 Å². The SMILES string of the molecule is Cc1nc(-c2cccc(Cl)c2)sc1C(=O)Nc1cn(C)c(=O)n(C)c1=O. The van der Waals surface area contributed by atoms with E-state index in [0.29, 0.717) is 20.6 Å².